The number of likely N-dealkylation sites (tertiary alicyclic amines) is 2. The van der Waals surface area contributed by atoms with Crippen LogP contribution in [0.4, 0.5) is 13.6 Å². The van der Waals surface area contributed by atoms with E-state index in [1.807, 2.05) is 55.6 Å². The normalized spacial score (nSPS) is 18.5. The van der Waals surface area contributed by atoms with Crippen molar-refractivity contribution in [2.45, 2.75) is 83.5 Å². The van der Waals surface area contributed by atoms with Gasteiger partial charge in [0.25, 0.3) is 0 Å². The lowest BCUT2D eigenvalue weighted by atomic mass is 10.0. The molecule has 1 amide bonds. The van der Waals surface area contributed by atoms with Gasteiger partial charge in [0, 0.05) is 43.4 Å². The summed E-state index contributed by atoms with van der Waals surface area (Å²) in [5.74, 6) is -0.260. The highest BCUT2D eigenvalue weighted by atomic mass is 32.1. The van der Waals surface area contributed by atoms with E-state index >= 15 is 4.39 Å². The first-order valence-corrected chi connectivity index (χ1v) is 16.5. The second-order valence-corrected chi connectivity index (χ2v) is 14.0. The van der Waals surface area contributed by atoms with E-state index in [1.165, 1.54) is 17.4 Å². The minimum absolute atomic E-state index is 0.121. The highest BCUT2D eigenvalue weighted by molar-refractivity contribution is 7.23. The molecule has 2 fully saturated rings. The molecule has 4 heterocycles. The Labute approximate surface area is 260 Å². The number of amides is 1. The molecule has 2 aliphatic heterocycles. The van der Waals surface area contributed by atoms with Crippen LogP contribution in [0.3, 0.4) is 0 Å². The zero-order valence-electron chi connectivity index (χ0n) is 25.7. The number of halogens is 2. The Morgan fingerprint density at radius 3 is 2.59 bits per heavy atom. The number of piperidine rings is 1. The highest BCUT2D eigenvalue weighted by Gasteiger charge is 2.33. The molecular formula is C34H40F2N4O3S. The Bertz CT molecular complexity index is 1670. The molecule has 4 aromatic rings. The zero-order chi connectivity index (χ0) is 31.0. The number of aromatic nitrogens is 2. The van der Waals surface area contributed by atoms with E-state index in [9.17, 15) is 14.0 Å². The molecule has 0 bridgehead atoms. The summed E-state index contributed by atoms with van der Waals surface area (Å²) >= 11 is 1.48. The van der Waals surface area contributed by atoms with Gasteiger partial charge < -0.3 is 14.5 Å². The number of Topliss-reactive ketones (excluding diaryl/α,β-unsaturated/α-hetero) is 1. The molecule has 0 N–H and O–H groups in total. The smallest absolute Gasteiger partial charge is 0.410 e. The van der Waals surface area contributed by atoms with Crippen LogP contribution in [-0.2, 0) is 4.74 Å². The standard InChI is InChI=1S/C34H40F2N4O3S/c1-34(2,3)43-33(42)39-16-6-7-28(39)22-9-11-25(26(36)19-22)27-21-40-29-12-10-23(20-31(29)44-32(40)37-27)30(41)8-4-5-15-38-17-13-24(35)14-18-38/h9-12,19-21,24,28H,4-8,13-18H2,1-3H3/t28-/m1/s1. The van der Waals surface area contributed by atoms with E-state index in [0.717, 1.165) is 66.1 Å². The zero-order valence-corrected chi connectivity index (χ0v) is 26.5. The van der Waals surface area contributed by atoms with Crippen molar-refractivity contribution >= 4 is 38.4 Å². The molecule has 44 heavy (non-hydrogen) atoms. The molecule has 0 aliphatic carbocycles. The monoisotopic (exact) mass is 622 g/mol. The number of rotatable bonds is 8. The van der Waals surface area contributed by atoms with E-state index in [2.05, 4.69) is 4.90 Å². The first-order valence-electron chi connectivity index (χ1n) is 15.7. The summed E-state index contributed by atoms with van der Waals surface area (Å²) < 4.78 is 37.3. The van der Waals surface area contributed by atoms with E-state index in [4.69, 9.17) is 9.72 Å². The molecule has 10 heteroatoms. The molecule has 0 saturated carbocycles. The summed E-state index contributed by atoms with van der Waals surface area (Å²) in [6.45, 7) is 8.63. The number of hydrogen-bond acceptors (Lipinski definition) is 6. The molecule has 0 unspecified atom stereocenters. The van der Waals surface area contributed by atoms with Gasteiger partial charge >= 0.3 is 6.09 Å². The van der Waals surface area contributed by atoms with Crippen LogP contribution in [-0.4, -0.2) is 69.0 Å². The first-order chi connectivity index (χ1) is 21.1. The second-order valence-electron chi connectivity index (χ2n) is 13.0. The first kappa shape index (κ1) is 30.6. The summed E-state index contributed by atoms with van der Waals surface area (Å²) in [4.78, 5) is 35.1. The second kappa shape index (κ2) is 12.6. The Hall–Kier alpha value is -3.37. The van der Waals surface area contributed by atoms with Gasteiger partial charge in [0.15, 0.2) is 10.7 Å². The van der Waals surface area contributed by atoms with Crippen molar-refractivity contribution in [3.8, 4) is 11.3 Å². The lowest BCUT2D eigenvalue weighted by molar-refractivity contribution is 0.0224. The number of nitrogens with zero attached hydrogens (tertiary/aromatic N) is 4. The van der Waals surface area contributed by atoms with Gasteiger partial charge in [-0.05, 0) is 102 Å². The van der Waals surface area contributed by atoms with E-state index in [1.54, 1.807) is 11.0 Å². The summed E-state index contributed by atoms with van der Waals surface area (Å²) in [6, 6.07) is 10.6. The average molecular weight is 623 g/mol. The topological polar surface area (TPSA) is 67.2 Å². The summed E-state index contributed by atoms with van der Waals surface area (Å²) in [7, 11) is 0. The van der Waals surface area contributed by atoms with Crippen molar-refractivity contribution in [2.75, 3.05) is 26.2 Å². The van der Waals surface area contributed by atoms with Crippen LogP contribution in [0, 0.1) is 5.82 Å². The van der Waals surface area contributed by atoms with Crippen molar-refractivity contribution in [2.24, 2.45) is 0 Å². The minimum Gasteiger partial charge on any atom is -0.444 e. The summed E-state index contributed by atoms with van der Waals surface area (Å²) in [6.07, 6.45) is 5.86. The van der Waals surface area contributed by atoms with Crippen LogP contribution >= 0.6 is 11.3 Å². The maximum Gasteiger partial charge on any atom is 0.410 e. The molecule has 234 valence electrons. The molecule has 2 aliphatic rings. The number of ether oxygens (including phenoxy) is 1. The van der Waals surface area contributed by atoms with Gasteiger partial charge in [-0.2, -0.15) is 0 Å². The molecule has 0 spiro atoms. The van der Waals surface area contributed by atoms with Gasteiger partial charge in [0.05, 0.1) is 22.0 Å². The molecule has 2 aromatic carbocycles. The number of hydrogen-bond donors (Lipinski definition) is 0. The van der Waals surface area contributed by atoms with Gasteiger partial charge in [-0.25, -0.2) is 18.6 Å². The number of fused-ring (bicyclic) bond motifs is 3. The fourth-order valence-corrected chi connectivity index (χ4v) is 7.34. The lowest BCUT2D eigenvalue weighted by Crippen LogP contribution is -2.36. The van der Waals surface area contributed by atoms with Gasteiger partial charge in [-0.15, -0.1) is 0 Å². The van der Waals surface area contributed by atoms with Crippen LogP contribution in [0.15, 0.2) is 42.6 Å². The number of thiazole rings is 1. The fraction of sp³-hybridized carbons (Fsp3) is 0.500. The molecular weight excluding hydrogens is 582 g/mol. The molecule has 2 aromatic heterocycles. The van der Waals surface area contributed by atoms with Gasteiger partial charge in [-0.1, -0.05) is 17.4 Å². The van der Waals surface area contributed by atoms with Gasteiger partial charge in [-0.3, -0.25) is 9.20 Å². The van der Waals surface area contributed by atoms with Crippen LogP contribution in [0.5, 0.6) is 0 Å². The highest BCUT2D eigenvalue weighted by Crippen LogP contribution is 2.36. The van der Waals surface area contributed by atoms with Gasteiger partial charge in [0.1, 0.15) is 17.6 Å². The SMILES string of the molecule is CC(C)(C)OC(=O)N1CCC[C@@H]1c1ccc(-c2cn3c(n2)sc2cc(C(=O)CCCCN4CCC(F)CC4)ccc23)c(F)c1. The minimum atomic E-state index is -0.663. The van der Waals surface area contributed by atoms with Crippen molar-refractivity contribution < 1.29 is 23.1 Å². The largest absolute Gasteiger partial charge is 0.444 e. The number of carbonyl (C=O) groups excluding carboxylic acids is 2. The molecule has 7 nitrogen and oxygen atoms in total. The predicted molar refractivity (Wildman–Crippen MR) is 170 cm³/mol. The lowest BCUT2D eigenvalue weighted by Gasteiger charge is -2.29. The van der Waals surface area contributed by atoms with E-state index in [0.29, 0.717) is 42.6 Å². The maximum atomic E-state index is 15.5. The number of ketones is 1. The van der Waals surface area contributed by atoms with Crippen LogP contribution < -0.4 is 0 Å². The Morgan fingerprint density at radius 2 is 1.84 bits per heavy atom. The van der Waals surface area contributed by atoms with Gasteiger partial charge in [0.2, 0.25) is 0 Å². The number of alkyl halides is 1. The summed E-state index contributed by atoms with van der Waals surface area (Å²) in [5.41, 5.74) is 2.71. The molecule has 2 saturated heterocycles. The van der Waals surface area contributed by atoms with Crippen molar-refractivity contribution in [3.05, 3.63) is 59.5 Å². The Morgan fingerprint density at radius 1 is 1.05 bits per heavy atom. The fourth-order valence-electron chi connectivity index (χ4n) is 6.29. The Kier molecular flexibility index (Phi) is 8.75. The summed E-state index contributed by atoms with van der Waals surface area (Å²) in [5, 5.41) is 0. The third-order valence-electron chi connectivity index (χ3n) is 8.60. The third kappa shape index (κ3) is 6.66. The van der Waals surface area contributed by atoms with Crippen molar-refractivity contribution in [1.29, 1.82) is 0 Å². The molecule has 0 radical (unpaired) electrons. The van der Waals surface area contributed by atoms with Crippen LogP contribution in [0.25, 0.3) is 26.4 Å². The average Bonchev–Trinajstić information content (AvgIpc) is 3.70. The molecule has 6 rings (SSSR count). The van der Waals surface area contributed by atoms with E-state index in [-0.39, 0.29) is 23.7 Å². The van der Waals surface area contributed by atoms with Crippen molar-refractivity contribution in [1.82, 2.24) is 19.2 Å². The maximum absolute atomic E-state index is 15.5. The number of benzene rings is 2. The molecule has 1 atom stereocenters. The third-order valence-corrected chi connectivity index (χ3v) is 9.61. The Balaban J connectivity index is 1.12. The predicted octanol–water partition coefficient (Wildman–Crippen LogP) is 8.21. The number of carbonyl (C=O) groups is 2. The quantitative estimate of drug-likeness (QED) is 0.146. The van der Waals surface area contributed by atoms with Crippen LogP contribution in [0.1, 0.15) is 87.7 Å². The van der Waals surface area contributed by atoms with E-state index < -0.39 is 11.8 Å². The van der Waals surface area contributed by atoms with Crippen LogP contribution in [0.2, 0.25) is 0 Å². The number of unbranched alkanes of at least 4 members (excludes halogenated alkanes) is 1. The van der Waals surface area contributed by atoms with Crippen molar-refractivity contribution in [3.63, 3.8) is 0 Å². The number of imidazole rings is 1.